The van der Waals surface area contributed by atoms with Crippen LogP contribution in [0.25, 0.3) is 11.1 Å². The summed E-state index contributed by atoms with van der Waals surface area (Å²) >= 11 is 0. The maximum Gasteiger partial charge on any atom is 0.336 e. The lowest BCUT2D eigenvalue weighted by atomic mass is 10.0. The van der Waals surface area contributed by atoms with E-state index in [0.717, 1.165) is 0 Å². The third-order valence-electron chi connectivity index (χ3n) is 2.62. The molecule has 0 amide bonds. The predicted molar refractivity (Wildman–Crippen MR) is 67.6 cm³/mol. The highest BCUT2D eigenvalue weighted by Crippen LogP contribution is 2.28. The Balaban J connectivity index is 2.58. The number of nitrogen functional groups attached to an aromatic ring is 1. The highest BCUT2D eigenvalue weighted by molar-refractivity contribution is 5.96. The van der Waals surface area contributed by atoms with Crippen molar-refractivity contribution in [2.75, 3.05) is 12.8 Å². The van der Waals surface area contributed by atoms with Gasteiger partial charge in [-0.15, -0.1) is 0 Å². The number of carbonyl (C=O) groups is 1. The molecule has 0 aliphatic rings. The maximum atomic E-state index is 13.6. The van der Waals surface area contributed by atoms with E-state index in [1.807, 2.05) is 0 Å². The maximum absolute atomic E-state index is 13.6. The van der Waals surface area contributed by atoms with Crippen LogP contribution in [0.3, 0.4) is 0 Å². The molecule has 0 fully saturated rings. The average molecular weight is 262 g/mol. The lowest BCUT2D eigenvalue weighted by molar-refractivity contribution is 0.0697. The molecule has 3 N–H and O–H groups in total. The zero-order chi connectivity index (χ0) is 14.0. The zero-order valence-electron chi connectivity index (χ0n) is 10.1. The summed E-state index contributed by atoms with van der Waals surface area (Å²) in [5.74, 6) is -1.55. The molecule has 0 atom stereocenters. The molecule has 0 bridgehead atoms. The van der Waals surface area contributed by atoms with E-state index >= 15 is 0 Å². The number of pyridine rings is 1. The Kier molecular flexibility index (Phi) is 3.33. The van der Waals surface area contributed by atoms with E-state index in [4.69, 9.17) is 15.6 Å². The minimum Gasteiger partial charge on any atom is -0.494 e. The van der Waals surface area contributed by atoms with Crippen LogP contribution < -0.4 is 10.5 Å². The summed E-state index contributed by atoms with van der Waals surface area (Å²) in [6, 6.07) is 5.41. The van der Waals surface area contributed by atoms with Crippen molar-refractivity contribution in [3.05, 3.63) is 41.8 Å². The van der Waals surface area contributed by atoms with Crippen LogP contribution in [0.1, 0.15) is 10.4 Å². The van der Waals surface area contributed by atoms with E-state index in [1.165, 1.54) is 31.5 Å². The second kappa shape index (κ2) is 4.93. The molecule has 1 aromatic heterocycles. The number of hydrogen-bond donors (Lipinski definition) is 2. The first-order valence-corrected chi connectivity index (χ1v) is 5.35. The van der Waals surface area contributed by atoms with Gasteiger partial charge in [-0.05, 0) is 23.8 Å². The number of carboxylic acids is 1. The largest absolute Gasteiger partial charge is 0.494 e. The summed E-state index contributed by atoms with van der Waals surface area (Å²) in [5, 5.41) is 9.12. The number of anilines is 1. The number of methoxy groups -OCH3 is 1. The third kappa shape index (κ3) is 2.47. The monoisotopic (exact) mass is 262 g/mol. The Labute approximate surface area is 108 Å². The van der Waals surface area contributed by atoms with Crippen LogP contribution in [0.2, 0.25) is 0 Å². The summed E-state index contributed by atoms with van der Waals surface area (Å²) in [6.45, 7) is 0. The fourth-order valence-corrected chi connectivity index (χ4v) is 1.71. The Morgan fingerprint density at radius 1 is 1.42 bits per heavy atom. The van der Waals surface area contributed by atoms with Crippen LogP contribution in [0.4, 0.5) is 10.2 Å². The molecule has 0 saturated heterocycles. The van der Waals surface area contributed by atoms with Gasteiger partial charge < -0.3 is 15.6 Å². The molecule has 0 aliphatic heterocycles. The van der Waals surface area contributed by atoms with Gasteiger partial charge in [-0.3, -0.25) is 0 Å². The Hall–Kier alpha value is -2.63. The number of benzene rings is 1. The van der Waals surface area contributed by atoms with Crippen molar-refractivity contribution < 1.29 is 19.0 Å². The topological polar surface area (TPSA) is 85.4 Å². The minimum absolute atomic E-state index is 0.0305. The van der Waals surface area contributed by atoms with Gasteiger partial charge in [-0.25, -0.2) is 14.2 Å². The second-order valence-corrected chi connectivity index (χ2v) is 3.81. The molecule has 0 spiro atoms. The molecule has 0 aliphatic carbocycles. The SMILES string of the molecule is COc1ccc(-c2cnc(N)cc2C(=O)O)cc1F. The molecular weight excluding hydrogens is 251 g/mol. The number of hydrogen-bond acceptors (Lipinski definition) is 4. The molecule has 6 heteroatoms. The number of nitrogens with zero attached hydrogens (tertiary/aromatic N) is 1. The predicted octanol–water partition coefficient (Wildman–Crippen LogP) is 2.18. The van der Waals surface area contributed by atoms with Gasteiger partial charge in [0.25, 0.3) is 0 Å². The van der Waals surface area contributed by atoms with Gasteiger partial charge >= 0.3 is 5.97 Å². The van der Waals surface area contributed by atoms with Gasteiger partial charge in [0.2, 0.25) is 0 Å². The number of nitrogens with two attached hydrogens (primary N) is 1. The van der Waals surface area contributed by atoms with Crippen molar-refractivity contribution in [1.29, 1.82) is 0 Å². The second-order valence-electron chi connectivity index (χ2n) is 3.81. The van der Waals surface area contributed by atoms with Crippen LogP contribution in [0.5, 0.6) is 5.75 Å². The summed E-state index contributed by atoms with van der Waals surface area (Å²) in [5.41, 5.74) is 6.11. The molecule has 0 unspecified atom stereocenters. The van der Waals surface area contributed by atoms with Crippen molar-refractivity contribution in [3.63, 3.8) is 0 Å². The molecule has 0 radical (unpaired) electrons. The van der Waals surface area contributed by atoms with Crippen molar-refractivity contribution in [1.82, 2.24) is 4.98 Å². The van der Waals surface area contributed by atoms with Gasteiger partial charge in [0.15, 0.2) is 11.6 Å². The van der Waals surface area contributed by atoms with Gasteiger partial charge in [-0.2, -0.15) is 0 Å². The van der Waals surface area contributed by atoms with Crippen molar-refractivity contribution in [3.8, 4) is 16.9 Å². The molecule has 2 aromatic rings. The molecule has 19 heavy (non-hydrogen) atoms. The number of aromatic carboxylic acids is 1. The molecule has 5 nitrogen and oxygen atoms in total. The fourth-order valence-electron chi connectivity index (χ4n) is 1.71. The third-order valence-corrected chi connectivity index (χ3v) is 2.62. The summed E-state index contributed by atoms with van der Waals surface area (Å²) < 4.78 is 18.4. The number of carboxylic acid groups (broad SMARTS) is 1. The number of ether oxygens (including phenoxy) is 1. The molecular formula is C13H11FN2O3. The van der Waals surface area contributed by atoms with Gasteiger partial charge in [0.05, 0.1) is 12.7 Å². The lowest BCUT2D eigenvalue weighted by Crippen LogP contribution is -2.03. The van der Waals surface area contributed by atoms with E-state index in [1.54, 1.807) is 6.07 Å². The standard InChI is InChI=1S/C13H11FN2O3/c1-19-11-3-2-7(4-10(11)14)9-6-16-12(15)5-8(9)13(17)18/h2-6H,1H3,(H2,15,16)(H,17,18). The lowest BCUT2D eigenvalue weighted by Gasteiger charge is -2.08. The Morgan fingerprint density at radius 2 is 2.16 bits per heavy atom. The number of halogens is 1. The molecule has 1 aromatic carbocycles. The van der Waals surface area contributed by atoms with Gasteiger partial charge in [0.1, 0.15) is 5.82 Å². The highest BCUT2D eigenvalue weighted by atomic mass is 19.1. The van der Waals surface area contributed by atoms with Crippen LogP contribution in [0.15, 0.2) is 30.5 Å². The van der Waals surface area contributed by atoms with E-state index in [0.29, 0.717) is 11.1 Å². The quantitative estimate of drug-likeness (QED) is 0.885. The van der Waals surface area contributed by atoms with Crippen molar-refractivity contribution >= 4 is 11.8 Å². The smallest absolute Gasteiger partial charge is 0.336 e. The molecule has 1 heterocycles. The number of rotatable bonds is 3. The van der Waals surface area contributed by atoms with Crippen LogP contribution in [-0.4, -0.2) is 23.2 Å². The minimum atomic E-state index is -1.15. The fraction of sp³-hybridized carbons (Fsp3) is 0.0769. The van der Waals surface area contributed by atoms with E-state index in [2.05, 4.69) is 4.98 Å². The average Bonchev–Trinajstić information content (AvgIpc) is 2.38. The van der Waals surface area contributed by atoms with Gasteiger partial charge in [-0.1, -0.05) is 6.07 Å². The normalized spacial score (nSPS) is 10.2. The van der Waals surface area contributed by atoms with E-state index in [9.17, 15) is 9.18 Å². The first-order chi connectivity index (χ1) is 9.02. The Morgan fingerprint density at radius 3 is 2.74 bits per heavy atom. The van der Waals surface area contributed by atoms with Crippen LogP contribution in [0, 0.1) is 5.82 Å². The van der Waals surface area contributed by atoms with Crippen LogP contribution >= 0.6 is 0 Å². The Bertz CT molecular complexity index is 644. The zero-order valence-corrected chi connectivity index (χ0v) is 10.1. The van der Waals surface area contributed by atoms with E-state index < -0.39 is 11.8 Å². The van der Waals surface area contributed by atoms with Crippen LogP contribution in [-0.2, 0) is 0 Å². The van der Waals surface area contributed by atoms with Gasteiger partial charge in [0, 0.05) is 11.8 Å². The molecule has 98 valence electrons. The van der Waals surface area contributed by atoms with E-state index in [-0.39, 0.29) is 17.1 Å². The number of aromatic nitrogens is 1. The molecule has 0 saturated carbocycles. The first-order valence-electron chi connectivity index (χ1n) is 5.35. The van der Waals surface area contributed by atoms with Crippen molar-refractivity contribution in [2.24, 2.45) is 0 Å². The highest BCUT2D eigenvalue weighted by Gasteiger charge is 2.14. The summed E-state index contributed by atoms with van der Waals surface area (Å²) in [4.78, 5) is 15.0. The van der Waals surface area contributed by atoms with Crippen molar-refractivity contribution in [2.45, 2.75) is 0 Å². The molecule has 2 rings (SSSR count). The first kappa shape index (κ1) is 12.8. The summed E-state index contributed by atoms with van der Waals surface area (Å²) in [7, 11) is 1.35. The summed E-state index contributed by atoms with van der Waals surface area (Å²) in [6.07, 6.45) is 1.31.